The molecule has 2 fully saturated rings. The van der Waals surface area contributed by atoms with Crippen molar-refractivity contribution in [1.29, 1.82) is 0 Å². The van der Waals surface area contributed by atoms with Crippen LogP contribution in [0, 0.1) is 0 Å². The molecular weight excluding hydrogens is 998 g/mol. The number of hydrogen-bond acceptors (Lipinski definition) is 7. The molecule has 6 rings (SSSR count). The monoisotopic (exact) mass is 1110 g/mol. The summed E-state index contributed by atoms with van der Waals surface area (Å²) in [4.78, 5) is 0. The molecule has 81 heavy (non-hydrogen) atoms. The Morgan fingerprint density at radius 3 is 0.877 bits per heavy atom. The number of hydrogen-bond donors (Lipinski definition) is 0. The highest BCUT2D eigenvalue weighted by Crippen LogP contribution is 2.41. The molecule has 7 nitrogen and oxygen atoms in total. The first-order chi connectivity index (χ1) is 39.0. The van der Waals surface area contributed by atoms with Crippen molar-refractivity contribution in [1.82, 2.24) is 0 Å². The smallest absolute Gasteiger partial charge is 0.494 e. The SMILES string of the molecule is CCCCCCCCCCCCOc1cc(B2OC(C)(C)C(C)(C)O2)cc(-c2cc(OCCCCCCCCCCCC)cc(-c3cc(OCCCCCCCCCCCC)cc(-c4cccc(B5OC(C)(C)C(C)(C)O5)c4)c3)c2)c1. The molecule has 0 aromatic heterocycles. The molecule has 0 amide bonds. The van der Waals surface area contributed by atoms with Gasteiger partial charge >= 0.3 is 14.2 Å². The number of unbranched alkanes of at least 4 members (excludes halogenated alkanes) is 27. The first kappa shape index (κ1) is 66.4. The number of benzene rings is 4. The lowest BCUT2D eigenvalue weighted by Crippen LogP contribution is -2.41. The van der Waals surface area contributed by atoms with Gasteiger partial charge in [-0.3, -0.25) is 0 Å². The molecule has 0 bridgehead atoms. The van der Waals surface area contributed by atoms with Crippen LogP contribution in [0.3, 0.4) is 0 Å². The predicted molar refractivity (Wildman–Crippen MR) is 346 cm³/mol. The van der Waals surface area contributed by atoms with Crippen molar-refractivity contribution in [2.45, 2.75) is 291 Å². The molecule has 0 radical (unpaired) electrons. The summed E-state index contributed by atoms with van der Waals surface area (Å²) in [5.74, 6) is 2.55. The van der Waals surface area contributed by atoms with Gasteiger partial charge in [0.2, 0.25) is 0 Å². The minimum absolute atomic E-state index is 0.439. The van der Waals surface area contributed by atoms with Gasteiger partial charge in [0.15, 0.2) is 0 Å². The van der Waals surface area contributed by atoms with Crippen molar-refractivity contribution in [2.75, 3.05) is 19.8 Å². The highest BCUT2D eigenvalue weighted by molar-refractivity contribution is 6.62. The normalized spacial score (nSPS) is 16.1. The highest BCUT2D eigenvalue weighted by Gasteiger charge is 2.53. The van der Waals surface area contributed by atoms with E-state index in [1.807, 2.05) is 0 Å². The van der Waals surface area contributed by atoms with Crippen LogP contribution in [0.1, 0.15) is 269 Å². The van der Waals surface area contributed by atoms with Gasteiger partial charge in [0.1, 0.15) is 17.2 Å². The second-order valence-corrected chi connectivity index (χ2v) is 26.2. The van der Waals surface area contributed by atoms with Crippen LogP contribution in [0.15, 0.2) is 78.9 Å². The molecule has 0 unspecified atom stereocenters. The Morgan fingerprint density at radius 1 is 0.284 bits per heavy atom. The standard InChI is InChI=1S/C72H112B2O7/c1-12-15-18-21-24-27-30-33-36-39-45-75-66-52-59(58-43-42-44-64(50-58)73-78-69(4,5)70(6,7)79-73)48-60(53-66)61-49-62(55-67(54-61)76-46-40-37-34-31-28-25-22-19-16-13-2)63-51-65(74-80-71(8,9)72(10,11)81-74)57-68(56-63)77-47-41-38-35-32-29-26-23-20-17-14-3/h42-44,48-57H,12-41,45-47H2,1-11H3. The molecule has 2 heterocycles. The van der Waals surface area contributed by atoms with E-state index in [-0.39, 0.29) is 0 Å². The molecule has 2 aliphatic heterocycles. The first-order valence-electron chi connectivity index (χ1n) is 33.2. The molecule has 448 valence electrons. The fourth-order valence-corrected chi connectivity index (χ4v) is 11.2. The Bertz CT molecular complexity index is 2380. The van der Waals surface area contributed by atoms with E-state index >= 15 is 0 Å². The van der Waals surface area contributed by atoms with Crippen LogP contribution >= 0.6 is 0 Å². The average Bonchev–Trinajstić information content (AvgIpc) is 4.10. The van der Waals surface area contributed by atoms with Gasteiger partial charge in [0.05, 0.1) is 42.2 Å². The lowest BCUT2D eigenvalue weighted by atomic mass is 9.77. The summed E-state index contributed by atoms with van der Waals surface area (Å²) in [7, 11) is -1.00. The molecule has 4 aromatic rings. The van der Waals surface area contributed by atoms with Crippen LogP contribution in [0.2, 0.25) is 0 Å². The van der Waals surface area contributed by atoms with Gasteiger partial charge in [-0.1, -0.05) is 224 Å². The van der Waals surface area contributed by atoms with Crippen molar-refractivity contribution in [3.63, 3.8) is 0 Å². The van der Waals surface area contributed by atoms with Gasteiger partial charge in [-0.15, -0.1) is 0 Å². The summed E-state index contributed by atoms with van der Waals surface area (Å²) < 4.78 is 46.9. The Balaban J connectivity index is 1.31. The van der Waals surface area contributed by atoms with Crippen LogP contribution in [-0.4, -0.2) is 56.5 Å². The highest BCUT2D eigenvalue weighted by atomic mass is 16.7. The molecule has 2 saturated heterocycles. The lowest BCUT2D eigenvalue weighted by Gasteiger charge is -2.32. The minimum Gasteiger partial charge on any atom is -0.494 e. The third kappa shape index (κ3) is 21.7. The maximum Gasteiger partial charge on any atom is 0.494 e. The Kier molecular flexibility index (Phi) is 28.1. The van der Waals surface area contributed by atoms with Crippen LogP contribution in [-0.2, 0) is 18.6 Å². The van der Waals surface area contributed by atoms with Crippen LogP contribution in [0.4, 0.5) is 0 Å². The van der Waals surface area contributed by atoms with Crippen molar-refractivity contribution in [3.05, 3.63) is 78.9 Å². The fraction of sp³-hybridized carbons (Fsp3) is 0.667. The number of ether oxygens (including phenoxy) is 3. The lowest BCUT2D eigenvalue weighted by molar-refractivity contribution is 0.00578. The Morgan fingerprint density at radius 2 is 0.543 bits per heavy atom. The van der Waals surface area contributed by atoms with E-state index in [0.29, 0.717) is 19.8 Å². The second-order valence-electron chi connectivity index (χ2n) is 26.2. The molecule has 2 aliphatic rings. The van der Waals surface area contributed by atoms with E-state index < -0.39 is 36.6 Å². The van der Waals surface area contributed by atoms with E-state index in [2.05, 4.69) is 155 Å². The Labute approximate surface area is 496 Å². The van der Waals surface area contributed by atoms with Crippen molar-refractivity contribution < 1.29 is 32.8 Å². The summed E-state index contributed by atoms with van der Waals surface area (Å²) in [6, 6.07) is 28.7. The van der Waals surface area contributed by atoms with Gasteiger partial charge in [-0.05, 0) is 167 Å². The van der Waals surface area contributed by atoms with Gasteiger partial charge < -0.3 is 32.8 Å². The zero-order chi connectivity index (χ0) is 58.0. The summed E-state index contributed by atoms with van der Waals surface area (Å²) in [6.45, 7) is 25.8. The second kappa shape index (κ2) is 34.3. The van der Waals surface area contributed by atoms with E-state index in [1.165, 1.54) is 173 Å². The quantitative estimate of drug-likeness (QED) is 0.0324. The van der Waals surface area contributed by atoms with E-state index in [0.717, 1.165) is 80.8 Å². The molecule has 0 N–H and O–H groups in total. The van der Waals surface area contributed by atoms with E-state index in [9.17, 15) is 0 Å². The predicted octanol–water partition coefficient (Wildman–Crippen LogP) is 20.2. The summed E-state index contributed by atoms with van der Waals surface area (Å²) >= 11 is 0. The largest absolute Gasteiger partial charge is 0.494 e. The maximum absolute atomic E-state index is 6.82. The number of rotatable bonds is 41. The summed E-state index contributed by atoms with van der Waals surface area (Å²) in [6.07, 6.45) is 38.5. The van der Waals surface area contributed by atoms with Gasteiger partial charge in [-0.2, -0.15) is 0 Å². The van der Waals surface area contributed by atoms with E-state index in [4.69, 9.17) is 32.8 Å². The molecule has 0 aliphatic carbocycles. The zero-order valence-electron chi connectivity index (χ0n) is 53.4. The molecule has 0 atom stereocenters. The van der Waals surface area contributed by atoms with Gasteiger partial charge in [-0.25, -0.2) is 0 Å². The zero-order valence-corrected chi connectivity index (χ0v) is 53.4. The third-order valence-electron chi connectivity index (χ3n) is 18.0. The average molecular weight is 1110 g/mol. The van der Waals surface area contributed by atoms with Crippen LogP contribution < -0.4 is 25.1 Å². The fourth-order valence-electron chi connectivity index (χ4n) is 11.2. The molecule has 0 spiro atoms. The van der Waals surface area contributed by atoms with Crippen molar-refractivity contribution >= 4 is 25.2 Å². The molecular formula is C72H112B2O7. The molecule has 4 aromatic carbocycles. The van der Waals surface area contributed by atoms with Gasteiger partial charge in [0.25, 0.3) is 0 Å². The topological polar surface area (TPSA) is 64.6 Å². The molecule has 9 heteroatoms. The Hall–Kier alpha value is -3.75. The van der Waals surface area contributed by atoms with Gasteiger partial charge in [0, 0.05) is 0 Å². The first-order valence-corrected chi connectivity index (χ1v) is 33.2. The third-order valence-corrected chi connectivity index (χ3v) is 18.0. The van der Waals surface area contributed by atoms with Crippen LogP contribution in [0.5, 0.6) is 17.2 Å². The summed E-state index contributed by atoms with van der Waals surface area (Å²) in [5, 5.41) is 0. The van der Waals surface area contributed by atoms with Crippen molar-refractivity contribution in [2.24, 2.45) is 0 Å². The van der Waals surface area contributed by atoms with E-state index in [1.54, 1.807) is 0 Å². The van der Waals surface area contributed by atoms with Crippen LogP contribution in [0.25, 0.3) is 33.4 Å². The molecule has 0 saturated carbocycles. The van der Waals surface area contributed by atoms with Crippen molar-refractivity contribution in [3.8, 4) is 50.6 Å². The minimum atomic E-state index is -0.537. The maximum atomic E-state index is 6.82. The summed E-state index contributed by atoms with van der Waals surface area (Å²) in [5.41, 5.74) is 6.48.